The Hall–Kier alpha value is -2.96. The molecule has 0 amide bonds. The summed E-state index contributed by atoms with van der Waals surface area (Å²) in [5.41, 5.74) is 1.31. The molecule has 7 heteroatoms. The van der Waals surface area contributed by atoms with Gasteiger partial charge in [-0.15, -0.1) is 0 Å². The molecule has 0 radical (unpaired) electrons. The Balaban J connectivity index is 2.26. The van der Waals surface area contributed by atoms with Gasteiger partial charge < -0.3 is 9.26 Å². The molecule has 7 nitrogen and oxygen atoms in total. The van der Waals surface area contributed by atoms with Crippen LogP contribution in [-0.4, -0.2) is 28.4 Å². The van der Waals surface area contributed by atoms with E-state index in [2.05, 4.69) is 15.4 Å². The number of aromatic nitrogens is 3. The highest BCUT2D eigenvalue weighted by molar-refractivity contribution is 5.95. The van der Waals surface area contributed by atoms with Crippen LogP contribution in [-0.2, 0) is 4.74 Å². The van der Waals surface area contributed by atoms with Crippen molar-refractivity contribution < 1.29 is 14.1 Å². The lowest BCUT2D eigenvalue weighted by Crippen LogP contribution is -2.09. The van der Waals surface area contributed by atoms with Crippen LogP contribution in [0.1, 0.15) is 16.1 Å². The molecule has 3 rings (SSSR count). The molecule has 0 fully saturated rings. The number of nitrogens with zero attached hydrogens (tertiary/aromatic N) is 2. The third kappa shape index (κ3) is 2.08. The fraction of sp³-hybridized carbons (Fsp3) is 0.143. The molecule has 1 aromatic carbocycles. The molecule has 1 N–H and O–H groups in total. The lowest BCUT2D eigenvalue weighted by Gasteiger charge is -2.04. The second kappa shape index (κ2) is 4.86. The predicted octanol–water partition coefficient (Wildman–Crippen LogP) is 1.67. The topological polar surface area (TPSA) is 98.1 Å². The van der Waals surface area contributed by atoms with Crippen molar-refractivity contribution in [2.45, 2.75) is 6.92 Å². The molecule has 106 valence electrons. The SMILES string of the molecule is COC(=O)c1cccc(-c2n[nH]c(=O)c3noc(C)c23)c1. The molecule has 0 bridgehead atoms. The number of methoxy groups -OCH3 is 1. The van der Waals surface area contributed by atoms with Gasteiger partial charge in [-0.25, -0.2) is 9.89 Å². The molecule has 21 heavy (non-hydrogen) atoms. The normalized spacial score (nSPS) is 10.8. The monoisotopic (exact) mass is 285 g/mol. The standard InChI is InChI=1S/C14H11N3O4/c1-7-10-11(15-16-13(18)12(10)17-21-7)8-4-3-5-9(6-8)14(19)20-2/h3-6H,1-2H3,(H,16,18). The van der Waals surface area contributed by atoms with Crippen molar-refractivity contribution in [1.29, 1.82) is 0 Å². The number of aromatic amines is 1. The Labute approximate surface area is 118 Å². The Morgan fingerprint density at radius 3 is 2.95 bits per heavy atom. The Morgan fingerprint density at radius 1 is 1.38 bits per heavy atom. The number of carbonyl (C=O) groups excluding carboxylic acids is 1. The van der Waals surface area contributed by atoms with E-state index in [1.807, 2.05) is 0 Å². The summed E-state index contributed by atoms with van der Waals surface area (Å²) in [4.78, 5) is 23.3. The molecule has 3 aromatic rings. The maximum Gasteiger partial charge on any atom is 0.337 e. The number of esters is 1. The quantitative estimate of drug-likeness (QED) is 0.719. The van der Waals surface area contributed by atoms with Gasteiger partial charge >= 0.3 is 5.97 Å². The first-order valence-corrected chi connectivity index (χ1v) is 6.15. The molecule has 2 aromatic heterocycles. The molecule has 0 atom stereocenters. The first-order chi connectivity index (χ1) is 10.1. The lowest BCUT2D eigenvalue weighted by molar-refractivity contribution is 0.0601. The number of aryl methyl sites for hydroxylation is 1. The van der Waals surface area contributed by atoms with Gasteiger partial charge in [-0.3, -0.25) is 4.79 Å². The van der Waals surface area contributed by atoms with Gasteiger partial charge in [0.1, 0.15) is 11.5 Å². The van der Waals surface area contributed by atoms with Crippen LogP contribution in [0.15, 0.2) is 33.6 Å². The van der Waals surface area contributed by atoms with Gasteiger partial charge in [0, 0.05) is 5.56 Å². The first-order valence-electron chi connectivity index (χ1n) is 6.15. The molecule has 0 saturated heterocycles. The van der Waals surface area contributed by atoms with E-state index < -0.39 is 11.5 Å². The highest BCUT2D eigenvalue weighted by Gasteiger charge is 2.17. The third-order valence-corrected chi connectivity index (χ3v) is 3.14. The number of H-pyrrole nitrogens is 1. The van der Waals surface area contributed by atoms with Crippen molar-refractivity contribution in [3.63, 3.8) is 0 Å². The Kier molecular flexibility index (Phi) is 3.02. The zero-order chi connectivity index (χ0) is 15.0. The summed E-state index contributed by atoms with van der Waals surface area (Å²) in [5.74, 6) is 0.0432. The van der Waals surface area contributed by atoms with Crippen LogP contribution in [0.2, 0.25) is 0 Å². The van der Waals surface area contributed by atoms with E-state index in [0.29, 0.717) is 28.0 Å². The molecule has 0 unspecified atom stereocenters. The lowest BCUT2D eigenvalue weighted by atomic mass is 10.0. The molecule has 0 aliphatic rings. The smallest absolute Gasteiger partial charge is 0.337 e. The maximum absolute atomic E-state index is 11.7. The van der Waals surface area contributed by atoms with Crippen LogP contribution < -0.4 is 5.56 Å². The van der Waals surface area contributed by atoms with Crippen molar-refractivity contribution in [2.75, 3.05) is 7.11 Å². The number of rotatable bonds is 2. The fourth-order valence-electron chi connectivity index (χ4n) is 2.14. The number of benzene rings is 1. The van der Waals surface area contributed by atoms with E-state index in [-0.39, 0.29) is 5.52 Å². The molecule has 0 aliphatic carbocycles. The van der Waals surface area contributed by atoms with Crippen molar-refractivity contribution >= 4 is 16.9 Å². The highest BCUT2D eigenvalue weighted by Crippen LogP contribution is 2.27. The second-order valence-electron chi connectivity index (χ2n) is 4.44. The summed E-state index contributed by atoms with van der Waals surface area (Å²) < 4.78 is 9.75. The van der Waals surface area contributed by atoms with Gasteiger partial charge in [-0.1, -0.05) is 17.3 Å². The van der Waals surface area contributed by atoms with Gasteiger partial charge in [-0.2, -0.15) is 5.10 Å². The summed E-state index contributed by atoms with van der Waals surface area (Å²) in [5, 5.41) is 10.7. The number of carbonyl (C=O) groups is 1. The molecular weight excluding hydrogens is 274 g/mol. The molecule has 0 aliphatic heterocycles. The van der Waals surface area contributed by atoms with Crippen LogP contribution >= 0.6 is 0 Å². The van der Waals surface area contributed by atoms with Crippen LogP contribution in [0.5, 0.6) is 0 Å². The molecule has 0 saturated carbocycles. The van der Waals surface area contributed by atoms with E-state index in [4.69, 9.17) is 9.26 Å². The van der Waals surface area contributed by atoms with Crippen LogP contribution in [0.4, 0.5) is 0 Å². The zero-order valence-corrected chi connectivity index (χ0v) is 11.3. The van der Waals surface area contributed by atoms with Crippen molar-refractivity contribution in [2.24, 2.45) is 0 Å². The van der Waals surface area contributed by atoms with Crippen molar-refractivity contribution in [3.05, 3.63) is 45.9 Å². The highest BCUT2D eigenvalue weighted by atomic mass is 16.5. The van der Waals surface area contributed by atoms with Crippen LogP contribution in [0.3, 0.4) is 0 Å². The number of fused-ring (bicyclic) bond motifs is 1. The minimum absolute atomic E-state index is 0.181. The van der Waals surface area contributed by atoms with E-state index in [1.54, 1.807) is 31.2 Å². The summed E-state index contributed by atoms with van der Waals surface area (Å²) in [6, 6.07) is 6.76. The van der Waals surface area contributed by atoms with Crippen molar-refractivity contribution in [1.82, 2.24) is 15.4 Å². The van der Waals surface area contributed by atoms with E-state index in [1.165, 1.54) is 7.11 Å². The molecular formula is C14H11N3O4. The van der Waals surface area contributed by atoms with Crippen LogP contribution in [0.25, 0.3) is 22.2 Å². The van der Waals surface area contributed by atoms with Gasteiger partial charge in [0.2, 0.25) is 0 Å². The number of hydrogen-bond donors (Lipinski definition) is 1. The van der Waals surface area contributed by atoms with E-state index in [0.717, 1.165) is 0 Å². The largest absolute Gasteiger partial charge is 0.465 e. The van der Waals surface area contributed by atoms with Gasteiger partial charge in [0.05, 0.1) is 18.1 Å². The number of hydrogen-bond acceptors (Lipinski definition) is 6. The summed E-state index contributed by atoms with van der Waals surface area (Å²) >= 11 is 0. The molecule has 0 spiro atoms. The minimum Gasteiger partial charge on any atom is -0.465 e. The van der Waals surface area contributed by atoms with Crippen molar-refractivity contribution in [3.8, 4) is 11.3 Å². The summed E-state index contributed by atoms with van der Waals surface area (Å²) in [7, 11) is 1.32. The Morgan fingerprint density at radius 2 is 2.19 bits per heavy atom. The van der Waals surface area contributed by atoms with E-state index in [9.17, 15) is 9.59 Å². The second-order valence-corrected chi connectivity index (χ2v) is 4.44. The zero-order valence-electron chi connectivity index (χ0n) is 11.3. The molecule has 2 heterocycles. The number of ether oxygens (including phenoxy) is 1. The van der Waals surface area contributed by atoms with Gasteiger partial charge in [0.15, 0.2) is 5.52 Å². The summed E-state index contributed by atoms with van der Waals surface area (Å²) in [6.45, 7) is 1.70. The Bertz CT molecular complexity index is 895. The average molecular weight is 285 g/mol. The maximum atomic E-state index is 11.7. The summed E-state index contributed by atoms with van der Waals surface area (Å²) in [6.07, 6.45) is 0. The third-order valence-electron chi connectivity index (χ3n) is 3.14. The fourth-order valence-corrected chi connectivity index (χ4v) is 2.14. The van der Waals surface area contributed by atoms with Crippen LogP contribution in [0, 0.1) is 6.92 Å². The average Bonchev–Trinajstić information content (AvgIpc) is 2.90. The number of nitrogens with one attached hydrogen (secondary N) is 1. The predicted molar refractivity (Wildman–Crippen MR) is 73.9 cm³/mol. The first kappa shape index (κ1) is 13.0. The van der Waals surface area contributed by atoms with Gasteiger partial charge in [-0.05, 0) is 19.1 Å². The minimum atomic E-state index is -0.445. The van der Waals surface area contributed by atoms with Gasteiger partial charge in [0.25, 0.3) is 5.56 Å². The van der Waals surface area contributed by atoms with E-state index >= 15 is 0 Å².